The van der Waals surface area contributed by atoms with Gasteiger partial charge in [-0.15, -0.1) is 12.6 Å². The molecule has 1 aliphatic rings. The first-order valence-electron chi connectivity index (χ1n) is 6.85. The molecule has 1 amide bonds. The summed E-state index contributed by atoms with van der Waals surface area (Å²) in [5.41, 5.74) is 1.72. The maximum Gasteiger partial charge on any atom is 0.254 e. The molecule has 0 radical (unpaired) electrons. The average molecular weight is 279 g/mol. The van der Waals surface area contributed by atoms with E-state index in [1.807, 2.05) is 30.0 Å². The molecule has 1 heterocycles. The molecule has 0 aliphatic carbocycles. The SMILES string of the molecule is Cc1ccc(S)cc1C(=O)N1CCCCC1CCO. The van der Waals surface area contributed by atoms with Gasteiger partial charge in [-0.3, -0.25) is 4.79 Å². The van der Waals surface area contributed by atoms with Crippen LogP contribution >= 0.6 is 12.6 Å². The van der Waals surface area contributed by atoms with Gasteiger partial charge in [-0.1, -0.05) is 6.07 Å². The Labute approximate surface area is 120 Å². The number of rotatable bonds is 3. The summed E-state index contributed by atoms with van der Waals surface area (Å²) in [6, 6.07) is 5.84. The van der Waals surface area contributed by atoms with Gasteiger partial charge in [0.15, 0.2) is 0 Å². The van der Waals surface area contributed by atoms with Crippen LogP contribution in [-0.4, -0.2) is 35.1 Å². The Kier molecular flexibility index (Phi) is 4.88. The van der Waals surface area contributed by atoms with Crippen molar-refractivity contribution in [1.82, 2.24) is 4.90 Å². The van der Waals surface area contributed by atoms with Crippen molar-refractivity contribution < 1.29 is 9.90 Å². The van der Waals surface area contributed by atoms with Gasteiger partial charge >= 0.3 is 0 Å². The predicted molar refractivity (Wildman–Crippen MR) is 78.8 cm³/mol. The number of hydrogen-bond acceptors (Lipinski definition) is 3. The summed E-state index contributed by atoms with van der Waals surface area (Å²) in [4.78, 5) is 15.4. The molecule has 1 saturated heterocycles. The van der Waals surface area contributed by atoms with Crippen LogP contribution in [-0.2, 0) is 0 Å². The minimum absolute atomic E-state index is 0.0755. The van der Waals surface area contributed by atoms with E-state index in [4.69, 9.17) is 5.11 Å². The van der Waals surface area contributed by atoms with E-state index in [1.165, 1.54) is 0 Å². The fraction of sp³-hybridized carbons (Fsp3) is 0.533. The third-order valence-electron chi connectivity index (χ3n) is 3.80. The highest BCUT2D eigenvalue weighted by Gasteiger charge is 2.27. The second kappa shape index (κ2) is 6.44. The van der Waals surface area contributed by atoms with Gasteiger partial charge in [0.1, 0.15) is 0 Å². The van der Waals surface area contributed by atoms with Gasteiger partial charge in [-0.2, -0.15) is 0 Å². The Hall–Kier alpha value is -1.00. The first-order valence-corrected chi connectivity index (χ1v) is 7.29. The Bertz CT molecular complexity index is 459. The number of aliphatic hydroxyl groups is 1. The summed E-state index contributed by atoms with van der Waals surface area (Å²) >= 11 is 4.31. The predicted octanol–water partition coefficient (Wildman–Crippen LogP) is 2.66. The van der Waals surface area contributed by atoms with Crippen LogP contribution in [0.5, 0.6) is 0 Å². The molecule has 1 N–H and O–H groups in total. The van der Waals surface area contributed by atoms with Crippen LogP contribution in [0.3, 0.4) is 0 Å². The average Bonchev–Trinajstić information content (AvgIpc) is 2.42. The number of hydrogen-bond donors (Lipinski definition) is 2. The number of nitrogens with zero attached hydrogens (tertiary/aromatic N) is 1. The van der Waals surface area contributed by atoms with Crippen molar-refractivity contribution >= 4 is 18.5 Å². The number of piperidine rings is 1. The van der Waals surface area contributed by atoms with E-state index in [0.717, 1.165) is 41.8 Å². The van der Waals surface area contributed by atoms with E-state index >= 15 is 0 Å². The molecular weight excluding hydrogens is 258 g/mol. The third kappa shape index (κ3) is 3.31. The van der Waals surface area contributed by atoms with Gasteiger partial charge in [-0.05, 0) is 50.3 Å². The highest BCUT2D eigenvalue weighted by atomic mass is 32.1. The molecule has 3 nitrogen and oxygen atoms in total. The van der Waals surface area contributed by atoms with Crippen molar-refractivity contribution in [2.45, 2.75) is 43.5 Å². The van der Waals surface area contributed by atoms with Gasteiger partial charge in [-0.25, -0.2) is 0 Å². The molecule has 0 bridgehead atoms. The Morgan fingerprint density at radius 2 is 2.26 bits per heavy atom. The fourth-order valence-electron chi connectivity index (χ4n) is 2.71. The molecule has 1 aromatic rings. The number of amides is 1. The summed E-state index contributed by atoms with van der Waals surface area (Å²) in [7, 11) is 0. The van der Waals surface area contributed by atoms with Crippen molar-refractivity contribution in [3.8, 4) is 0 Å². The molecule has 1 atom stereocenters. The molecule has 2 rings (SSSR count). The van der Waals surface area contributed by atoms with Crippen molar-refractivity contribution in [3.63, 3.8) is 0 Å². The van der Waals surface area contributed by atoms with Crippen LogP contribution in [0.15, 0.2) is 23.1 Å². The molecule has 0 spiro atoms. The van der Waals surface area contributed by atoms with Gasteiger partial charge in [0.2, 0.25) is 0 Å². The summed E-state index contributed by atoms with van der Waals surface area (Å²) in [6.45, 7) is 2.88. The zero-order valence-corrected chi connectivity index (χ0v) is 12.2. The molecule has 1 fully saturated rings. The number of benzene rings is 1. The smallest absolute Gasteiger partial charge is 0.254 e. The van der Waals surface area contributed by atoms with Crippen molar-refractivity contribution in [3.05, 3.63) is 29.3 Å². The first kappa shape index (κ1) is 14.4. The van der Waals surface area contributed by atoms with Gasteiger partial charge in [0.05, 0.1) is 0 Å². The van der Waals surface area contributed by atoms with Crippen LogP contribution in [0.1, 0.15) is 41.6 Å². The molecule has 1 unspecified atom stereocenters. The Morgan fingerprint density at radius 3 is 3.00 bits per heavy atom. The number of carbonyl (C=O) groups is 1. The molecular formula is C15H21NO2S. The maximum absolute atomic E-state index is 12.7. The zero-order valence-electron chi connectivity index (χ0n) is 11.3. The number of aliphatic hydroxyl groups excluding tert-OH is 1. The number of carbonyl (C=O) groups excluding carboxylic acids is 1. The molecule has 0 aromatic heterocycles. The maximum atomic E-state index is 12.7. The monoisotopic (exact) mass is 279 g/mol. The minimum Gasteiger partial charge on any atom is -0.396 e. The van der Waals surface area contributed by atoms with E-state index in [1.54, 1.807) is 0 Å². The van der Waals surface area contributed by atoms with Gasteiger partial charge < -0.3 is 10.0 Å². The number of aryl methyl sites for hydroxylation is 1. The molecule has 19 heavy (non-hydrogen) atoms. The molecule has 104 valence electrons. The lowest BCUT2D eigenvalue weighted by molar-refractivity contribution is 0.0573. The summed E-state index contributed by atoms with van der Waals surface area (Å²) in [5, 5.41) is 9.14. The Balaban J connectivity index is 2.23. The summed E-state index contributed by atoms with van der Waals surface area (Å²) in [5.74, 6) is 0.0755. The number of likely N-dealkylation sites (tertiary alicyclic amines) is 1. The first-order chi connectivity index (χ1) is 9.13. The highest BCUT2D eigenvalue weighted by Crippen LogP contribution is 2.24. The van der Waals surface area contributed by atoms with Crippen molar-refractivity contribution in [1.29, 1.82) is 0 Å². The molecule has 1 aliphatic heterocycles. The van der Waals surface area contributed by atoms with Crippen LogP contribution < -0.4 is 0 Å². The van der Waals surface area contributed by atoms with Crippen LogP contribution in [0.4, 0.5) is 0 Å². The fourth-order valence-corrected chi connectivity index (χ4v) is 2.92. The molecule has 4 heteroatoms. The third-order valence-corrected chi connectivity index (χ3v) is 4.08. The van der Waals surface area contributed by atoms with Crippen LogP contribution in [0.25, 0.3) is 0 Å². The minimum atomic E-state index is 0.0755. The molecule has 0 saturated carbocycles. The standard InChI is InChI=1S/C15H21NO2S/c1-11-5-6-13(19)10-14(11)15(18)16-8-3-2-4-12(16)7-9-17/h5-6,10,12,17,19H,2-4,7-9H2,1H3. The van der Waals surface area contributed by atoms with Crippen LogP contribution in [0.2, 0.25) is 0 Å². The zero-order chi connectivity index (χ0) is 13.8. The lowest BCUT2D eigenvalue weighted by atomic mass is 9.97. The van der Waals surface area contributed by atoms with E-state index < -0.39 is 0 Å². The van der Waals surface area contributed by atoms with E-state index in [-0.39, 0.29) is 18.6 Å². The quantitative estimate of drug-likeness (QED) is 0.835. The Morgan fingerprint density at radius 1 is 1.47 bits per heavy atom. The van der Waals surface area contributed by atoms with E-state index in [9.17, 15) is 4.79 Å². The van der Waals surface area contributed by atoms with Crippen LogP contribution in [0, 0.1) is 6.92 Å². The molecule has 1 aromatic carbocycles. The second-order valence-corrected chi connectivity index (χ2v) is 5.68. The number of thiol groups is 1. The summed E-state index contributed by atoms with van der Waals surface area (Å²) in [6.07, 6.45) is 3.85. The van der Waals surface area contributed by atoms with E-state index in [0.29, 0.717) is 6.42 Å². The normalized spacial score (nSPS) is 19.5. The summed E-state index contributed by atoms with van der Waals surface area (Å²) < 4.78 is 0. The lowest BCUT2D eigenvalue weighted by Crippen LogP contribution is -2.44. The highest BCUT2D eigenvalue weighted by molar-refractivity contribution is 7.80. The lowest BCUT2D eigenvalue weighted by Gasteiger charge is -2.36. The van der Waals surface area contributed by atoms with Crippen molar-refractivity contribution in [2.75, 3.05) is 13.2 Å². The topological polar surface area (TPSA) is 40.5 Å². The largest absolute Gasteiger partial charge is 0.396 e. The van der Waals surface area contributed by atoms with E-state index in [2.05, 4.69) is 12.6 Å². The van der Waals surface area contributed by atoms with Gasteiger partial charge in [0, 0.05) is 29.7 Å². The van der Waals surface area contributed by atoms with Gasteiger partial charge in [0.25, 0.3) is 5.91 Å². The second-order valence-electron chi connectivity index (χ2n) is 5.16. The van der Waals surface area contributed by atoms with Crippen molar-refractivity contribution in [2.24, 2.45) is 0 Å².